The highest BCUT2D eigenvalue weighted by atomic mass is 79.9. The first-order chi connectivity index (χ1) is 5.33. The Bertz CT molecular complexity index is 205. The minimum absolute atomic E-state index is 0. The highest BCUT2D eigenvalue weighted by Gasteiger charge is 2.06. The third-order valence-electron chi connectivity index (χ3n) is 1.35. The molecule has 0 aliphatic carbocycles. The fraction of sp³-hybridized carbons (Fsp3) is 0.375. The Hall–Kier alpha value is 0.400. The predicted octanol–water partition coefficient (Wildman–Crippen LogP) is -0.864. The van der Waals surface area contributed by atoms with Crippen LogP contribution in [0.5, 0.6) is 0 Å². The number of hydrogen-bond acceptors (Lipinski definition) is 0. The summed E-state index contributed by atoms with van der Waals surface area (Å²) < 4.78 is 2.15. The summed E-state index contributed by atoms with van der Waals surface area (Å²) in [4.78, 5) is 0.509. The zero-order valence-electron chi connectivity index (χ0n) is 6.46. The standard InChI is InChI=1S/C8H10Br2N.ClH/c9-6-8(10)7-11-4-2-1-3-5-11;/h1-5,8H,6-7H2;1H/q+1;/p-1. The van der Waals surface area contributed by atoms with E-state index in [1.54, 1.807) is 0 Å². The number of nitrogens with zero attached hydrogens (tertiary/aromatic N) is 1. The normalized spacial score (nSPS) is 11.8. The Labute approximate surface area is 95.8 Å². The second-order valence-electron chi connectivity index (χ2n) is 2.32. The van der Waals surface area contributed by atoms with Crippen molar-refractivity contribution in [2.24, 2.45) is 0 Å². The Morgan fingerprint density at radius 2 is 1.75 bits per heavy atom. The third-order valence-corrected chi connectivity index (χ3v) is 3.62. The van der Waals surface area contributed by atoms with E-state index in [2.05, 4.69) is 48.8 Å². The quantitative estimate of drug-likeness (QED) is 0.505. The molecule has 0 spiro atoms. The maximum atomic E-state index is 3.55. The number of alkyl halides is 2. The van der Waals surface area contributed by atoms with Gasteiger partial charge in [-0.25, -0.2) is 4.57 Å². The van der Waals surface area contributed by atoms with E-state index in [0.29, 0.717) is 4.83 Å². The van der Waals surface area contributed by atoms with Gasteiger partial charge < -0.3 is 12.4 Å². The summed E-state index contributed by atoms with van der Waals surface area (Å²) in [5.41, 5.74) is 0. The summed E-state index contributed by atoms with van der Waals surface area (Å²) >= 11 is 6.96. The molecule has 0 saturated heterocycles. The van der Waals surface area contributed by atoms with Gasteiger partial charge in [0.2, 0.25) is 0 Å². The van der Waals surface area contributed by atoms with E-state index in [1.807, 2.05) is 18.2 Å². The van der Waals surface area contributed by atoms with Gasteiger partial charge in [-0.05, 0) is 0 Å². The van der Waals surface area contributed by atoms with Crippen LogP contribution in [0.2, 0.25) is 0 Å². The molecule has 0 saturated carbocycles. The largest absolute Gasteiger partial charge is 1.00 e. The minimum atomic E-state index is 0. The Morgan fingerprint density at radius 3 is 2.25 bits per heavy atom. The van der Waals surface area contributed by atoms with Crippen LogP contribution in [0, 0.1) is 0 Å². The lowest BCUT2D eigenvalue weighted by Gasteiger charge is -1.99. The van der Waals surface area contributed by atoms with Gasteiger partial charge in [-0.1, -0.05) is 37.9 Å². The Morgan fingerprint density at radius 1 is 1.17 bits per heavy atom. The smallest absolute Gasteiger partial charge is 0.168 e. The lowest BCUT2D eigenvalue weighted by atomic mass is 10.4. The summed E-state index contributed by atoms with van der Waals surface area (Å²) in [7, 11) is 0. The summed E-state index contributed by atoms with van der Waals surface area (Å²) in [5, 5.41) is 0.981. The van der Waals surface area contributed by atoms with Crippen LogP contribution in [-0.4, -0.2) is 10.2 Å². The molecule has 1 nitrogen and oxygen atoms in total. The fourth-order valence-corrected chi connectivity index (χ4v) is 1.37. The Balaban J connectivity index is 0.00000121. The van der Waals surface area contributed by atoms with E-state index in [1.165, 1.54) is 0 Å². The fourth-order valence-electron chi connectivity index (χ4n) is 0.834. The molecule has 0 aliphatic heterocycles. The van der Waals surface area contributed by atoms with Crippen LogP contribution in [-0.2, 0) is 6.54 Å². The second-order valence-corrected chi connectivity index (χ2v) is 4.27. The first-order valence-electron chi connectivity index (χ1n) is 3.47. The molecule has 68 valence electrons. The van der Waals surface area contributed by atoms with Crippen molar-refractivity contribution in [1.29, 1.82) is 0 Å². The minimum Gasteiger partial charge on any atom is -1.00 e. The van der Waals surface area contributed by atoms with Crippen LogP contribution in [0.15, 0.2) is 30.6 Å². The van der Waals surface area contributed by atoms with E-state index in [-0.39, 0.29) is 12.4 Å². The molecule has 1 unspecified atom stereocenters. The monoisotopic (exact) mass is 313 g/mol. The molecule has 0 radical (unpaired) electrons. The van der Waals surface area contributed by atoms with Crippen LogP contribution >= 0.6 is 31.9 Å². The van der Waals surface area contributed by atoms with Crippen molar-refractivity contribution >= 4 is 31.9 Å². The van der Waals surface area contributed by atoms with Gasteiger partial charge in [0.25, 0.3) is 0 Å². The molecule has 1 heterocycles. The maximum absolute atomic E-state index is 3.55. The van der Waals surface area contributed by atoms with E-state index in [4.69, 9.17) is 0 Å². The molecule has 0 fully saturated rings. The van der Waals surface area contributed by atoms with Crippen LogP contribution in [0.1, 0.15) is 0 Å². The third kappa shape index (κ3) is 4.43. The highest BCUT2D eigenvalue weighted by Crippen LogP contribution is 2.02. The van der Waals surface area contributed by atoms with Crippen molar-refractivity contribution in [2.75, 3.05) is 5.33 Å². The molecule has 12 heavy (non-hydrogen) atoms. The van der Waals surface area contributed by atoms with Gasteiger partial charge in [0.05, 0.1) is 4.83 Å². The topological polar surface area (TPSA) is 3.88 Å². The van der Waals surface area contributed by atoms with Gasteiger partial charge in [0.15, 0.2) is 18.9 Å². The molecule has 0 amide bonds. The summed E-state index contributed by atoms with van der Waals surface area (Å²) in [6, 6.07) is 6.09. The molecular weight excluding hydrogens is 305 g/mol. The van der Waals surface area contributed by atoms with Gasteiger partial charge in [0.1, 0.15) is 0 Å². The van der Waals surface area contributed by atoms with Crippen LogP contribution in [0.4, 0.5) is 0 Å². The van der Waals surface area contributed by atoms with E-state index < -0.39 is 0 Å². The van der Waals surface area contributed by atoms with Crippen LogP contribution < -0.4 is 17.0 Å². The molecular formula is C8H10Br2ClN. The van der Waals surface area contributed by atoms with Crippen molar-refractivity contribution in [1.82, 2.24) is 0 Å². The summed E-state index contributed by atoms with van der Waals surface area (Å²) in [6.45, 7) is 1.01. The molecule has 1 aromatic rings. The van der Waals surface area contributed by atoms with Crippen molar-refractivity contribution in [2.45, 2.75) is 11.4 Å². The molecule has 1 atom stereocenters. The van der Waals surface area contributed by atoms with Crippen molar-refractivity contribution in [3.05, 3.63) is 30.6 Å². The van der Waals surface area contributed by atoms with Gasteiger partial charge in [-0.3, -0.25) is 0 Å². The Kier molecular flexibility index (Phi) is 7.10. The molecule has 0 N–H and O–H groups in total. The van der Waals surface area contributed by atoms with Gasteiger partial charge in [0, 0.05) is 17.5 Å². The van der Waals surface area contributed by atoms with Crippen molar-refractivity contribution in [3.63, 3.8) is 0 Å². The molecule has 0 aliphatic rings. The number of halogens is 3. The molecule has 4 heteroatoms. The number of hydrogen-bond donors (Lipinski definition) is 0. The van der Waals surface area contributed by atoms with Crippen LogP contribution in [0.3, 0.4) is 0 Å². The number of rotatable bonds is 3. The molecule has 1 rings (SSSR count). The van der Waals surface area contributed by atoms with Gasteiger partial charge in [-0.2, -0.15) is 0 Å². The summed E-state index contributed by atoms with van der Waals surface area (Å²) in [6.07, 6.45) is 4.13. The van der Waals surface area contributed by atoms with Crippen molar-refractivity contribution < 1.29 is 17.0 Å². The zero-order chi connectivity index (χ0) is 8.10. The lowest BCUT2D eigenvalue weighted by Crippen LogP contribution is -3.00. The first kappa shape index (κ1) is 12.4. The van der Waals surface area contributed by atoms with Gasteiger partial charge in [-0.15, -0.1) is 0 Å². The first-order valence-corrected chi connectivity index (χ1v) is 5.51. The zero-order valence-corrected chi connectivity index (χ0v) is 10.4. The van der Waals surface area contributed by atoms with Gasteiger partial charge >= 0.3 is 0 Å². The average molecular weight is 315 g/mol. The lowest BCUT2D eigenvalue weighted by molar-refractivity contribution is -0.695. The average Bonchev–Trinajstić information content (AvgIpc) is 2.06. The second kappa shape index (κ2) is 6.87. The van der Waals surface area contributed by atoms with Crippen molar-refractivity contribution in [3.8, 4) is 0 Å². The van der Waals surface area contributed by atoms with E-state index >= 15 is 0 Å². The molecule has 0 aromatic carbocycles. The predicted molar refractivity (Wildman–Crippen MR) is 53.1 cm³/mol. The van der Waals surface area contributed by atoms with Crippen LogP contribution in [0.25, 0.3) is 0 Å². The highest BCUT2D eigenvalue weighted by molar-refractivity contribution is 9.12. The van der Waals surface area contributed by atoms with E-state index in [9.17, 15) is 0 Å². The SMILES string of the molecule is BrCC(Br)C[n+]1ccccc1.[Cl-]. The molecule has 0 bridgehead atoms. The summed E-state index contributed by atoms with van der Waals surface area (Å²) in [5.74, 6) is 0. The number of aromatic nitrogens is 1. The maximum Gasteiger partial charge on any atom is 0.168 e. The van der Waals surface area contributed by atoms with E-state index in [0.717, 1.165) is 11.9 Å². The number of pyridine rings is 1. The molecule has 1 aromatic heterocycles.